The molecular weight excluding hydrogens is 388 g/mol. The van der Waals surface area contributed by atoms with Crippen molar-refractivity contribution < 1.29 is 17.9 Å². The third-order valence-electron chi connectivity index (χ3n) is 5.33. The molecule has 1 aliphatic heterocycles. The summed E-state index contributed by atoms with van der Waals surface area (Å²) in [6, 6.07) is 14.4. The van der Waals surface area contributed by atoms with Crippen molar-refractivity contribution in [3.05, 3.63) is 54.1 Å². The van der Waals surface area contributed by atoms with E-state index in [-0.39, 0.29) is 17.2 Å². The lowest BCUT2D eigenvalue weighted by Gasteiger charge is -2.26. The fourth-order valence-corrected chi connectivity index (χ4v) is 5.14. The molecule has 0 unspecified atom stereocenters. The molecule has 29 heavy (non-hydrogen) atoms. The van der Waals surface area contributed by atoms with E-state index in [0.717, 1.165) is 30.5 Å². The molecule has 2 aromatic carbocycles. The Balaban J connectivity index is 1.76. The summed E-state index contributed by atoms with van der Waals surface area (Å²) in [5.74, 6) is 0.556. The fourth-order valence-electron chi connectivity index (χ4n) is 3.57. The van der Waals surface area contributed by atoms with Crippen LogP contribution in [0.3, 0.4) is 0 Å². The molecule has 6 nitrogen and oxygen atoms in total. The summed E-state index contributed by atoms with van der Waals surface area (Å²) in [5, 5.41) is 0. The number of nitrogens with zero attached hydrogens (tertiary/aromatic N) is 2. The molecule has 1 amide bonds. The van der Waals surface area contributed by atoms with E-state index in [2.05, 4.69) is 0 Å². The molecule has 0 aliphatic carbocycles. The van der Waals surface area contributed by atoms with Crippen LogP contribution in [0.2, 0.25) is 0 Å². The number of anilines is 1. The first-order valence-electron chi connectivity index (χ1n) is 9.92. The van der Waals surface area contributed by atoms with Gasteiger partial charge in [-0.1, -0.05) is 24.6 Å². The van der Waals surface area contributed by atoms with Gasteiger partial charge in [-0.2, -0.15) is 4.31 Å². The topological polar surface area (TPSA) is 66.9 Å². The van der Waals surface area contributed by atoms with E-state index in [4.69, 9.17) is 4.74 Å². The van der Waals surface area contributed by atoms with Crippen LogP contribution >= 0.6 is 0 Å². The zero-order valence-electron chi connectivity index (χ0n) is 17.0. The van der Waals surface area contributed by atoms with Gasteiger partial charge in [0.2, 0.25) is 15.9 Å². The number of methoxy groups -OCH3 is 1. The van der Waals surface area contributed by atoms with Gasteiger partial charge >= 0.3 is 0 Å². The van der Waals surface area contributed by atoms with E-state index in [1.54, 1.807) is 41.6 Å². The van der Waals surface area contributed by atoms with Crippen molar-refractivity contribution in [2.45, 2.75) is 37.0 Å². The maximum atomic E-state index is 13.0. The maximum Gasteiger partial charge on any atom is 0.243 e. The van der Waals surface area contributed by atoms with Gasteiger partial charge in [-0.3, -0.25) is 4.79 Å². The summed E-state index contributed by atoms with van der Waals surface area (Å²) in [6.07, 6.45) is 3.51. The van der Waals surface area contributed by atoms with E-state index < -0.39 is 10.0 Å². The average Bonchev–Trinajstić information content (AvgIpc) is 2.77. The number of hydrogen-bond acceptors (Lipinski definition) is 4. The first kappa shape index (κ1) is 21.3. The Labute approximate surface area is 173 Å². The number of para-hydroxylation sites is 1. The highest BCUT2D eigenvalue weighted by Crippen LogP contribution is 2.27. The van der Waals surface area contributed by atoms with E-state index in [9.17, 15) is 13.2 Å². The Kier molecular flexibility index (Phi) is 6.92. The van der Waals surface area contributed by atoms with Gasteiger partial charge in [0.25, 0.3) is 0 Å². The van der Waals surface area contributed by atoms with Crippen LogP contribution in [0.1, 0.15) is 31.2 Å². The van der Waals surface area contributed by atoms with Gasteiger partial charge in [0.1, 0.15) is 5.75 Å². The largest absolute Gasteiger partial charge is 0.496 e. The van der Waals surface area contributed by atoms with Crippen LogP contribution in [-0.2, 0) is 21.2 Å². The van der Waals surface area contributed by atoms with Crippen molar-refractivity contribution in [1.29, 1.82) is 0 Å². The molecule has 7 heteroatoms. The smallest absolute Gasteiger partial charge is 0.243 e. The Morgan fingerprint density at radius 3 is 2.41 bits per heavy atom. The van der Waals surface area contributed by atoms with Crippen molar-refractivity contribution in [3.63, 3.8) is 0 Å². The summed E-state index contributed by atoms with van der Waals surface area (Å²) in [5.41, 5.74) is 1.55. The SMILES string of the molecule is COc1ccc(S(=O)(=O)N2CCCCC2)cc1CCC(=O)N(C)c1ccccc1. The molecule has 1 heterocycles. The van der Waals surface area contributed by atoms with E-state index in [1.165, 1.54) is 0 Å². The molecule has 156 valence electrons. The van der Waals surface area contributed by atoms with Crippen LogP contribution in [-0.4, -0.2) is 45.9 Å². The normalized spacial score (nSPS) is 15.1. The summed E-state index contributed by atoms with van der Waals surface area (Å²) in [6.45, 7) is 1.12. The Bertz CT molecular complexity index is 939. The highest BCUT2D eigenvalue weighted by molar-refractivity contribution is 7.89. The highest BCUT2D eigenvalue weighted by atomic mass is 32.2. The minimum Gasteiger partial charge on any atom is -0.496 e. The number of sulfonamides is 1. The molecule has 1 saturated heterocycles. The Hall–Kier alpha value is -2.38. The maximum absolute atomic E-state index is 13.0. The second-order valence-electron chi connectivity index (χ2n) is 7.23. The predicted octanol–water partition coefficient (Wildman–Crippen LogP) is 3.47. The number of amides is 1. The van der Waals surface area contributed by atoms with E-state index in [0.29, 0.717) is 25.3 Å². The summed E-state index contributed by atoms with van der Waals surface area (Å²) < 4.78 is 32.9. The lowest BCUT2D eigenvalue weighted by atomic mass is 10.1. The number of rotatable bonds is 7. The quantitative estimate of drug-likeness (QED) is 0.693. The molecular formula is C22H28N2O4S. The first-order valence-corrected chi connectivity index (χ1v) is 11.4. The highest BCUT2D eigenvalue weighted by Gasteiger charge is 2.26. The van der Waals surface area contributed by atoms with Gasteiger partial charge in [0.05, 0.1) is 12.0 Å². The minimum absolute atomic E-state index is 0.0393. The second kappa shape index (κ2) is 9.41. The number of carbonyl (C=O) groups excluding carboxylic acids is 1. The molecule has 0 radical (unpaired) electrons. The third kappa shape index (κ3) is 4.97. The predicted molar refractivity (Wildman–Crippen MR) is 114 cm³/mol. The number of aryl methyl sites for hydroxylation is 1. The number of benzene rings is 2. The second-order valence-corrected chi connectivity index (χ2v) is 9.16. The Morgan fingerprint density at radius 1 is 1.07 bits per heavy atom. The van der Waals surface area contributed by atoms with Crippen LogP contribution in [0.5, 0.6) is 5.75 Å². The summed E-state index contributed by atoms with van der Waals surface area (Å²) in [4.78, 5) is 14.5. The van der Waals surface area contributed by atoms with Crippen LogP contribution in [0.25, 0.3) is 0 Å². The number of piperidine rings is 1. The van der Waals surface area contributed by atoms with Gasteiger partial charge in [0.15, 0.2) is 0 Å². The molecule has 3 rings (SSSR count). The number of hydrogen-bond donors (Lipinski definition) is 0. The molecule has 0 aromatic heterocycles. The number of carbonyl (C=O) groups is 1. The molecule has 1 aliphatic rings. The van der Waals surface area contributed by atoms with E-state index >= 15 is 0 Å². The first-order chi connectivity index (χ1) is 13.9. The van der Waals surface area contributed by atoms with Gasteiger partial charge in [-0.25, -0.2) is 8.42 Å². The van der Waals surface area contributed by atoms with Crippen molar-refractivity contribution >= 4 is 21.6 Å². The molecule has 0 bridgehead atoms. The minimum atomic E-state index is -3.52. The molecule has 0 spiro atoms. The van der Waals surface area contributed by atoms with Crippen LogP contribution in [0.15, 0.2) is 53.4 Å². The van der Waals surface area contributed by atoms with Crippen LogP contribution in [0.4, 0.5) is 5.69 Å². The fraction of sp³-hybridized carbons (Fsp3) is 0.409. The van der Waals surface area contributed by atoms with Crippen molar-refractivity contribution in [3.8, 4) is 5.75 Å². The van der Waals surface area contributed by atoms with Gasteiger partial charge in [-0.15, -0.1) is 0 Å². The summed E-state index contributed by atoms with van der Waals surface area (Å²) in [7, 11) is -0.232. The van der Waals surface area contributed by atoms with E-state index in [1.807, 2.05) is 30.3 Å². The molecule has 2 aromatic rings. The molecule has 0 atom stereocenters. The summed E-state index contributed by atoms with van der Waals surface area (Å²) >= 11 is 0. The third-order valence-corrected chi connectivity index (χ3v) is 7.23. The van der Waals surface area contributed by atoms with Crippen LogP contribution < -0.4 is 9.64 Å². The van der Waals surface area contributed by atoms with Crippen molar-refractivity contribution in [2.75, 3.05) is 32.1 Å². The lowest BCUT2D eigenvalue weighted by molar-refractivity contribution is -0.118. The number of ether oxygens (including phenoxy) is 1. The molecule has 1 fully saturated rings. The Morgan fingerprint density at radius 2 is 1.76 bits per heavy atom. The van der Waals surface area contributed by atoms with Crippen molar-refractivity contribution in [1.82, 2.24) is 4.31 Å². The zero-order valence-corrected chi connectivity index (χ0v) is 17.8. The van der Waals surface area contributed by atoms with Gasteiger partial charge in [-0.05, 0) is 55.2 Å². The monoisotopic (exact) mass is 416 g/mol. The molecule has 0 saturated carbocycles. The lowest BCUT2D eigenvalue weighted by Crippen LogP contribution is -2.35. The standard InChI is InChI=1S/C22H28N2O4S/c1-23(19-9-5-3-6-10-19)22(25)14-11-18-17-20(12-13-21(18)28-2)29(26,27)24-15-7-4-8-16-24/h3,5-6,9-10,12-13,17H,4,7-8,11,14-16H2,1-2H3. The van der Waals surface area contributed by atoms with Gasteiger partial charge in [0, 0.05) is 32.2 Å². The van der Waals surface area contributed by atoms with Gasteiger partial charge < -0.3 is 9.64 Å². The van der Waals surface area contributed by atoms with Crippen molar-refractivity contribution in [2.24, 2.45) is 0 Å². The van der Waals surface area contributed by atoms with Crippen LogP contribution in [0, 0.1) is 0 Å². The average molecular weight is 417 g/mol. The zero-order chi connectivity index (χ0) is 20.9. The molecule has 0 N–H and O–H groups in total.